The molecule has 5 rings (SSSR count). The van der Waals surface area contributed by atoms with Gasteiger partial charge in [-0.15, -0.1) is 0 Å². The number of imidazole rings is 1. The van der Waals surface area contributed by atoms with Gasteiger partial charge in [-0.05, 0) is 62.7 Å². The first kappa shape index (κ1) is 12.4. The first-order chi connectivity index (χ1) is 9.61. The molecule has 1 aromatic heterocycles. The molecule has 1 aromatic rings. The largest absolute Gasteiger partial charge is 0.481 e. The van der Waals surface area contributed by atoms with Crippen molar-refractivity contribution in [1.82, 2.24) is 9.55 Å². The summed E-state index contributed by atoms with van der Waals surface area (Å²) in [6.07, 6.45) is 8.85. The summed E-state index contributed by atoms with van der Waals surface area (Å²) < 4.78 is 2.23. The zero-order valence-electron chi connectivity index (χ0n) is 12.0. The summed E-state index contributed by atoms with van der Waals surface area (Å²) in [5.41, 5.74) is 1.82. The highest BCUT2D eigenvalue weighted by atomic mass is 16.4. The molecule has 4 aliphatic rings. The van der Waals surface area contributed by atoms with Crippen LogP contribution in [0.5, 0.6) is 0 Å². The zero-order chi connectivity index (χ0) is 13.9. The van der Waals surface area contributed by atoms with Crippen LogP contribution in [-0.2, 0) is 11.2 Å². The molecule has 0 aliphatic heterocycles. The van der Waals surface area contributed by atoms with Crippen molar-refractivity contribution in [2.45, 2.75) is 51.5 Å². The average Bonchev–Trinajstić information content (AvgIpc) is 2.70. The lowest BCUT2D eigenvalue weighted by Gasteiger charge is -2.54. The van der Waals surface area contributed by atoms with Gasteiger partial charge in [0.05, 0.1) is 24.1 Å². The van der Waals surface area contributed by atoms with Crippen LogP contribution in [0, 0.1) is 30.6 Å². The van der Waals surface area contributed by atoms with Gasteiger partial charge in [-0.3, -0.25) is 4.79 Å². The summed E-state index contributed by atoms with van der Waals surface area (Å²) in [5.74, 6) is 2.65. The molecule has 4 heteroatoms. The van der Waals surface area contributed by atoms with Gasteiger partial charge in [0.25, 0.3) is 0 Å². The van der Waals surface area contributed by atoms with Gasteiger partial charge in [0, 0.05) is 6.04 Å². The number of hydrogen-bond acceptors (Lipinski definition) is 2. The fourth-order valence-corrected chi connectivity index (χ4v) is 5.45. The van der Waals surface area contributed by atoms with Gasteiger partial charge < -0.3 is 9.67 Å². The first-order valence-electron chi connectivity index (χ1n) is 7.86. The van der Waals surface area contributed by atoms with Crippen molar-refractivity contribution in [3.63, 3.8) is 0 Å². The smallest absolute Gasteiger partial charge is 0.309 e. The first-order valence-corrected chi connectivity index (χ1v) is 7.86. The van der Waals surface area contributed by atoms with E-state index in [0.717, 1.165) is 35.1 Å². The third-order valence-corrected chi connectivity index (χ3v) is 5.92. The molecule has 4 saturated carbocycles. The van der Waals surface area contributed by atoms with Crippen LogP contribution >= 0.6 is 0 Å². The minimum absolute atomic E-state index is 0.106. The summed E-state index contributed by atoms with van der Waals surface area (Å²) in [7, 11) is 0. The third-order valence-electron chi connectivity index (χ3n) is 5.92. The SMILES string of the molecule is Cc1ncn(C2C3CC4CC(C3)CC2C4)c1CC(=O)O. The van der Waals surface area contributed by atoms with Gasteiger partial charge in [0.2, 0.25) is 0 Å². The van der Waals surface area contributed by atoms with Crippen LogP contribution < -0.4 is 0 Å². The molecule has 20 heavy (non-hydrogen) atoms. The molecule has 1 N–H and O–H groups in total. The summed E-state index contributed by atoms with van der Waals surface area (Å²) >= 11 is 0. The molecule has 4 fully saturated rings. The molecule has 0 amide bonds. The maximum absolute atomic E-state index is 11.1. The number of aliphatic carboxylic acids is 1. The number of nitrogens with zero attached hydrogens (tertiary/aromatic N) is 2. The minimum Gasteiger partial charge on any atom is -0.481 e. The molecule has 0 unspecified atom stereocenters. The van der Waals surface area contributed by atoms with Crippen molar-refractivity contribution in [2.75, 3.05) is 0 Å². The van der Waals surface area contributed by atoms with E-state index in [0.29, 0.717) is 6.04 Å². The molecule has 0 aromatic carbocycles. The Morgan fingerprint density at radius 3 is 2.40 bits per heavy atom. The lowest BCUT2D eigenvalue weighted by atomic mass is 9.54. The van der Waals surface area contributed by atoms with Crippen LogP contribution in [0.25, 0.3) is 0 Å². The van der Waals surface area contributed by atoms with E-state index >= 15 is 0 Å². The van der Waals surface area contributed by atoms with Crippen molar-refractivity contribution >= 4 is 5.97 Å². The van der Waals surface area contributed by atoms with Gasteiger partial charge in [0.1, 0.15) is 0 Å². The Labute approximate surface area is 119 Å². The standard InChI is InChI=1S/C16H22N2O2/c1-9-14(7-15(19)20)18(8-17-9)16-12-3-10-2-11(5-12)6-13(16)4-10/h8,10-13,16H,2-7H2,1H3,(H,19,20). The average molecular weight is 274 g/mol. The Hall–Kier alpha value is -1.32. The molecular weight excluding hydrogens is 252 g/mol. The molecule has 4 nitrogen and oxygen atoms in total. The van der Waals surface area contributed by atoms with E-state index in [-0.39, 0.29) is 6.42 Å². The summed E-state index contributed by atoms with van der Waals surface area (Å²) in [6.45, 7) is 1.94. The minimum atomic E-state index is -0.751. The van der Waals surface area contributed by atoms with Crippen molar-refractivity contribution < 1.29 is 9.90 Å². The molecule has 108 valence electrons. The Morgan fingerprint density at radius 2 is 1.85 bits per heavy atom. The fraction of sp³-hybridized carbons (Fsp3) is 0.750. The highest BCUT2D eigenvalue weighted by molar-refractivity contribution is 5.70. The number of carboxylic acid groups (broad SMARTS) is 1. The third kappa shape index (κ3) is 1.80. The Morgan fingerprint density at radius 1 is 1.25 bits per heavy atom. The predicted octanol–water partition coefficient (Wildman–Crippen LogP) is 2.82. The maximum atomic E-state index is 11.1. The second-order valence-corrected chi connectivity index (χ2v) is 7.18. The molecule has 1 heterocycles. The molecule has 4 bridgehead atoms. The van der Waals surface area contributed by atoms with Crippen LogP contribution in [0.2, 0.25) is 0 Å². The Balaban J connectivity index is 1.69. The second kappa shape index (κ2) is 4.34. The van der Waals surface area contributed by atoms with Crippen molar-refractivity contribution in [3.05, 3.63) is 17.7 Å². The number of carboxylic acids is 1. The van der Waals surface area contributed by atoms with Crippen LogP contribution in [0.4, 0.5) is 0 Å². The molecular formula is C16H22N2O2. The van der Waals surface area contributed by atoms with E-state index < -0.39 is 5.97 Å². The molecule has 4 aliphatic carbocycles. The van der Waals surface area contributed by atoms with Crippen LogP contribution in [-0.4, -0.2) is 20.6 Å². The van der Waals surface area contributed by atoms with Gasteiger partial charge in [-0.2, -0.15) is 0 Å². The monoisotopic (exact) mass is 274 g/mol. The summed E-state index contributed by atoms with van der Waals surface area (Å²) in [4.78, 5) is 15.5. The lowest BCUT2D eigenvalue weighted by molar-refractivity contribution is -0.136. The van der Waals surface area contributed by atoms with Gasteiger partial charge in [-0.1, -0.05) is 0 Å². The predicted molar refractivity (Wildman–Crippen MR) is 74.4 cm³/mol. The van der Waals surface area contributed by atoms with E-state index in [2.05, 4.69) is 9.55 Å². The number of carbonyl (C=O) groups is 1. The summed E-state index contributed by atoms with van der Waals surface area (Å²) in [6, 6.07) is 0.512. The van der Waals surface area contributed by atoms with E-state index in [1.165, 1.54) is 32.1 Å². The normalized spacial score (nSPS) is 38.4. The Kier molecular flexibility index (Phi) is 2.69. The van der Waals surface area contributed by atoms with Crippen molar-refractivity contribution in [2.24, 2.45) is 23.7 Å². The van der Waals surface area contributed by atoms with Crippen LogP contribution in [0.1, 0.15) is 49.5 Å². The van der Waals surface area contributed by atoms with Crippen LogP contribution in [0.3, 0.4) is 0 Å². The zero-order valence-corrected chi connectivity index (χ0v) is 12.0. The molecule has 0 saturated heterocycles. The van der Waals surface area contributed by atoms with E-state index in [4.69, 9.17) is 5.11 Å². The molecule has 0 atom stereocenters. The van der Waals surface area contributed by atoms with Crippen LogP contribution in [0.15, 0.2) is 6.33 Å². The van der Waals surface area contributed by atoms with E-state index in [1.807, 2.05) is 13.3 Å². The molecule has 0 spiro atoms. The number of aromatic nitrogens is 2. The van der Waals surface area contributed by atoms with Gasteiger partial charge in [0.15, 0.2) is 0 Å². The topological polar surface area (TPSA) is 55.1 Å². The van der Waals surface area contributed by atoms with E-state index in [9.17, 15) is 4.79 Å². The quantitative estimate of drug-likeness (QED) is 0.922. The van der Waals surface area contributed by atoms with Crippen molar-refractivity contribution in [1.29, 1.82) is 0 Å². The maximum Gasteiger partial charge on any atom is 0.309 e. The lowest BCUT2D eigenvalue weighted by Crippen LogP contribution is -2.46. The summed E-state index contributed by atoms with van der Waals surface area (Å²) in [5, 5.41) is 9.14. The van der Waals surface area contributed by atoms with Crippen molar-refractivity contribution in [3.8, 4) is 0 Å². The molecule has 0 radical (unpaired) electrons. The highest BCUT2D eigenvalue weighted by Crippen LogP contribution is 2.58. The van der Waals surface area contributed by atoms with Gasteiger partial charge >= 0.3 is 5.97 Å². The fourth-order valence-electron chi connectivity index (χ4n) is 5.45. The van der Waals surface area contributed by atoms with Gasteiger partial charge in [-0.25, -0.2) is 4.98 Å². The number of hydrogen-bond donors (Lipinski definition) is 1. The number of rotatable bonds is 3. The van der Waals surface area contributed by atoms with E-state index in [1.54, 1.807) is 0 Å². The Bertz CT molecular complexity index is 521. The number of aryl methyl sites for hydroxylation is 1. The highest BCUT2D eigenvalue weighted by Gasteiger charge is 2.49. The second-order valence-electron chi connectivity index (χ2n) is 7.18.